The van der Waals surface area contributed by atoms with Gasteiger partial charge in [0, 0.05) is 18.6 Å². The van der Waals surface area contributed by atoms with Crippen LogP contribution in [0.5, 0.6) is 0 Å². The van der Waals surface area contributed by atoms with Crippen molar-refractivity contribution in [2.45, 2.75) is 77.5 Å². The maximum absolute atomic E-state index is 11.8. The van der Waals surface area contributed by atoms with Crippen LogP contribution in [-0.4, -0.2) is 41.8 Å². The Balaban J connectivity index is 1.79. The minimum atomic E-state index is -0.422. The predicted molar refractivity (Wildman–Crippen MR) is 80.8 cm³/mol. The van der Waals surface area contributed by atoms with Crippen LogP contribution < -0.4 is 5.32 Å². The first-order valence-corrected chi connectivity index (χ1v) is 8.09. The van der Waals surface area contributed by atoms with E-state index in [1.807, 2.05) is 20.8 Å². The third-order valence-electron chi connectivity index (χ3n) is 4.53. The monoisotopic (exact) mass is 282 g/mol. The highest BCUT2D eigenvalue weighted by molar-refractivity contribution is 5.68. The molecule has 2 fully saturated rings. The molecule has 4 heteroatoms. The molecule has 1 heterocycles. The topological polar surface area (TPSA) is 41.6 Å². The lowest BCUT2D eigenvalue weighted by atomic mass is 9.86. The zero-order valence-electron chi connectivity index (χ0n) is 13.4. The maximum atomic E-state index is 11.8. The van der Waals surface area contributed by atoms with Crippen LogP contribution in [-0.2, 0) is 4.74 Å². The first kappa shape index (κ1) is 15.6. The van der Waals surface area contributed by atoms with Gasteiger partial charge in [0.05, 0.1) is 0 Å². The van der Waals surface area contributed by atoms with Gasteiger partial charge in [0.1, 0.15) is 5.60 Å². The van der Waals surface area contributed by atoms with Crippen molar-refractivity contribution in [1.29, 1.82) is 0 Å². The smallest absolute Gasteiger partial charge is 0.407 e. The third-order valence-corrected chi connectivity index (χ3v) is 4.53. The van der Waals surface area contributed by atoms with Gasteiger partial charge in [0.15, 0.2) is 0 Å². The van der Waals surface area contributed by atoms with Crippen LogP contribution in [0.25, 0.3) is 0 Å². The van der Waals surface area contributed by atoms with Gasteiger partial charge in [-0.25, -0.2) is 4.79 Å². The van der Waals surface area contributed by atoms with E-state index in [9.17, 15) is 4.79 Å². The number of nitrogens with zero attached hydrogens (tertiary/aromatic N) is 1. The standard InChI is InChI=1S/C16H30N2O2/c1-12(17-15(19)20-16(2,3)4)13-7-6-10-18(11-13)14-8-5-9-14/h12-14H,5-11H2,1-4H3,(H,17,19)/t12-,13+/m1/s1. The van der Waals surface area contributed by atoms with Crippen molar-refractivity contribution >= 4 is 6.09 Å². The first-order chi connectivity index (χ1) is 9.35. The second-order valence-corrected chi connectivity index (χ2v) is 7.42. The van der Waals surface area contributed by atoms with Crippen molar-refractivity contribution in [2.24, 2.45) is 5.92 Å². The number of hydrogen-bond acceptors (Lipinski definition) is 3. The number of rotatable bonds is 3. The average Bonchev–Trinajstić information content (AvgIpc) is 2.24. The maximum Gasteiger partial charge on any atom is 0.407 e. The van der Waals surface area contributed by atoms with Crippen LogP contribution in [0.4, 0.5) is 4.79 Å². The Morgan fingerprint density at radius 1 is 1.25 bits per heavy atom. The molecule has 0 aromatic rings. The summed E-state index contributed by atoms with van der Waals surface area (Å²) in [7, 11) is 0. The molecule has 0 spiro atoms. The van der Waals surface area contributed by atoms with Crippen molar-refractivity contribution in [3.05, 3.63) is 0 Å². The second-order valence-electron chi connectivity index (χ2n) is 7.42. The summed E-state index contributed by atoms with van der Waals surface area (Å²) in [5, 5.41) is 3.01. The first-order valence-electron chi connectivity index (χ1n) is 8.09. The van der Waals surface area contributed by atoms with Crippen molar-refractivity contribution in [3.8, 4) is 0 Å². The molecule has 4 nitrogen and oxygen atoms in total. The molecule has 2 aliphatic rings. The lowest BCUT2D eigenvalue weighted by molar-refractivity contribution is 0.0410. The largest absolute Gasteiger partial charge is 0.444 e. The van der Waals surface area contributed by atoms with Crippen LogP contribution >= 0.6 is 0 Å². The second kappa shape index (κ2) is 6.33. The Bertz CT molecular complexity index is 334. The average molecular weight is 282 g/mol. The SMILES string of the molecule is C[C@@H](NC(=O)OC(C)(C)C)[C@H]1CCCN(C2CCC2)C1. The minimum Gasteiger partial charge on any atom is -0.444 e. The molecule has 1 N–H and O–H groups in total. The number of amides is 1. The number of piperidine rings is 1. The van der Waals surface area contributed by atoms with E-state index in [0.717, 1.165) is 12.6 Å². The van der Waals surface area contributed by atoms with Crippen molar-refractivity contribution < 1.29 is 9.53 Å². The molecular weight excluding hydrogens is 252 g/mol. The van der Waals surface area contributed by atoms with Crippen LogP contribution in [0.1, 0.15) is 59.8 Å². The molecule has 1 aliphatic carbocycles. The van der Waals surface area contributed by atoms with Crippen molar-refractivity contribution in [2.75, 3.05) is 13.1 Å². The Labute approximate surface area is 123 Å². The summed E-state index contributed by atoms with van der Waals surface area (Å²) >= 11 is 0. The van der Waals surface area contributed by atoms with Gasteiger partial charge in [-0.15, -0.1) is 0 Å². The molecule has 2 rings (SSSR count). The molecule has 0 bridgehead atoms. The normalized spacial score (nSPS) is 26.7. The molecule has 1 saturated carbocycles. The van der Waals surface area contributed by atoms with E-state index < -0.39 is 5.60 Å². The third kappa shape index (κ3) is 4.37. The van der Waals surface area contributed by atoms with Crippen LogP contribution in [0.15, 0.2) is 0 Å². The van der Waals surface area contributed by atoms with Gasteiger partial charge in [-0.1, -0.05) is 6.42 Å². The highest BCUT2D eigenvalue weighted by Crippen LogP contribution is 2.30. The predicted octanol–water partition coefficient (Wildman–Crippen LogP) is 3.16. The summed E-state index contributed by atoms with van der Waals surface area (Å²) in [4.78, 5) is 14.5. The molecule has 1 amide bonds. The van der Waals surface area contributed by atoms with Crippen LogP contribution in [0.2, 0.25) is 0 Å². The van der Waals surface area contributed by atoms with Gasteiger partial charge in [-0.2, -0.15) is 0 Å². The summed E-state index contributed by atoms with van der Waals surface area (Å²) in [5.41, 5.74) is -0.422. The number of carbonyl (C=O) groups excluding carboxylic acids is 1. The van der Waals surface area contributed by atoms with Gasteiger partial charge >= 0.3 is 6.09 Å². The molecular formula is C16H30N2O2. The van der Waals surface area contributed by atoms with E-state index in [1.54, 1.807) is 0 Å². The van der Waals surface area contributed by atoms with E-state index in [2.05, 4.69) is 17.1 Å². The van der Waals surface area contributed by atoms with E-state index in [1.165, 1.54) is 38.6 Å². The van der Waals surface area contributed by atoms with Gasteiger partial charge in [-0.05, 0) is 65.8 Å². The van der Waals surface area contributed by atoms with E-state index in [4.69, 9.17) is 4.74 Å². The Hall–Kier alpha value is -0.770. The lowest BCUT2D eigenvalue weighted by Gasteiger charge is -2.43. The molecule has 116 valence electrons. The van der Waals surface area contributed by atoms with Gasteiger partial charge < -0.3 is 15.0 Å². The summed E-state index contributed by atoms with van der Waals surface area (Å²) in [6.45, 7) is 10.2. The number of likely N-dealkylation sites (tertiary alicyclic amines) is 1. The Morgan fingerprint density at radius 3 is 2.50 bits per heavy atom. The molecule has 1 aliphatic heterocycles. The summed E-state index contributed by atoms with van der Waals surface area (Å²) in [6, 6.07) is 0.999. The summed E-state index contributed by atoms with van der Waals surface area (Å²) in [5.74, 6) is 0.553. The highest BCUT2D eigenvalue weighted by Gasteiger charge is 2.32. The Morgan fingerprint density at radius 2 is 1.95 bits per heavy atom. The van der Waals surface area contributed by atoms with Crippen LogP contribution in [0.3, 0.4) is 0 Å². The molecule has 0 radical (unpaired) electrons. The van der Waals surface area contributed by atoms with E-state index in [-0.39, 0.29) is 12.1 Å². The molecule has 1 saturated heterocycles. The molecule has 20 heavy (non-hydrogen) atoms. The number of hydrogen-bond donors (Lipinski definition) is 1. The quantitative estimate of drug-likeness (QED) is 0.864. The minimum absolute atomic E-state index is 0.188. The Kier molecular flexibility index (Phi) is 4.95. The van der Waals surface area contributed by atoms with Gasteiger partial charge in [-0.3, -0.25) is 0 Å². The number of nitrogens with one attached hydrogen (secondary N) is 1. The molecule has 0 aromatic carbocycles. The summed E-state index contributed by atoms with van der Waals surface area (Å²) < 4.78 is 5.34. The number of alkyl carbamates (subject to hydrolysis) is 1. The van der Waals surface area contributed by atoms with Crippen molar-refractivity contribution in [3.63, 3.8) is 0 Å². The zero-order valence-corrected chi connectivity index (χ0v) is 13.4. The van der Waals surface area contributed by atoms with E-state index >= 15 is 0 Å². The fourth-order valence-electron chi connectivity index (χ4n) is 3.14. The summed E-state index contributed by atoms with van der Waals surface area (Å²) in [6.07, 6.45) is 6.28. The van der Waals surface area contributed by atoms with Gasteiger partial charge in [0.25, 0.3) is 0 Å². The fraction of sp³-hybridized carbons (Fsp3) is 0.938. The zero-order chi connectivity index (χ0) is 14.8. The fourth-order valence-corrected chi connectivity index (χ4v) is 3.14. The van der Waals surface area contributed by atoms with E-state index in [0.29, 0.717) is 5.92 Å². The lowest BCUT2D eigenvalue weighted by Crippen LogP contribution is -2.51. The van der Waals surface area contributed by atoms with Gasteiger partial charge in [0.2, 0.25) is 0 Å². The molecule has 0 aromatic heterocycles. The highest BCUT2D eigenvalue weighted by atomic mass is 16.6. The number of ether oxygens (including phenoxy) is 1. The molecule has 0 unspecified atom stereocenters. The van der Waals surface area contributed by atoms with Crippen LogP contribution in [0, 0.1) is 5.92 Å². The number of carbonyl (C=O) groups is 1. The van der Waals surface area contributed by atoms with Crippen molar-refractivity contribution in [1.82, 2.24) is 10.2 Å². The molecule has 2 atom stereocenters.